The summed E-state index contributed by atoms with van der Waals surface area (Å²) < 4.78 is 22.2. The first-order valence-electron chi connectivity index (χ1n) is 11.3. The molecule has 2 amide bonds. The highest BCUT2D eigenvalue weighted by atomic mass is 16.5. The fourth-order valence-corrected chi connectivity index (χ4v) is 3.44. The van der Waals surface area contributed by atoms with E-state index in [-0.39, 0.29) is 18.1 Å². The number of ether oxygens (including phenoxy) is 3. The van der Waals surface area contributed by atoms with Crippen LogP contribution < -0.4 is 24.8 Å². The molecular weight excluding hydrogens is 448 g/mol. The van der Waals surface area contributed by atoms with Gasteiger partial charge in [-0.3, -0.25) is 9.59 Å². The molecule has 0 aliphatic heterocycles. The number of para-hydroxylation sites is 1. The Bertz CT molecular complexity index is 1300. The number of carbonyl (C=O) groups is 2. The molecule has 0 saturated carbocycles. The van der Waals surface area contributed by atoms with Crippen LogP contribution in [0.25, 0.3) is 11.0 Å². The fourth-order valence-electron chi connectivity index (χ4n) is 3.44. The van der Waals surface area contributed by atoms with Crippen molar-refractivity contribution in [3.8, 4) is 17.2 Å². The molecule has 4 aromatic rings. The molecule has 0 saturated heterocycles. The van der Waals surface area contributed by atoms with Crippen molar-refractivity contribution < 1.29 is 28.2 Å². The van der Waals surface area contributed by atoms with Crippen molar-refractivity contribution in [1.82, 2.24) is 0 Å². The maximum atomic E-state index is 13.0. The molecule has 0 atom stereocenters. The highest BCUT2D eigenvalue weighted by molar-refractivity contribution is 6.14. The van der Waals surface area contributed by atoms with E-state index in [0.29, 0.717) is 41.4 Å². The van der Waals surface area contributed by atoms with Crippen LogP contribution in [-0.4, -0.2) is 31.6 Å². The summed E-state index contributed by atoms with van der Waals surface area (Å²) >= 11 is 0. The number of carbonyl (C=O) groups excluding carboxylic acids is 2. The lowest BCUT2D eigenvalue weighted by atomic mass is 10.2. The Labute approximate surface area is 202 Å². The van der Waals surface area contributed by atoms with Crippen molar-refractivity contribution in [3.63, 3.8) is 0 Å². The molecule has 0 bridgehead atoms. The molecule has 0 radical (unpaired) electrons. The van der Waals surface area contributed by atoms with E-state index in [4.69, 9.17) is 18.6 Å². The van der Waals surface area contributed by atoms with Crippen molar-refractivity contribution in [1.29, 1.82) is 0 Å². The largest absolute Gasteiger partial charge is 0.494 e. The van der Waals surface area contributed by atoms with Crippen LogP contribution in [0.5, 0.6) is 17.2 Å². The number of amides is 2. The second-order valence-electron chi connectivity index (χ2n) is 7.46. The number of benzene rings is 3. The summed E-state index contributed by atoms with van der Waals surface area (Å²) in [7, 11) is 0. The number of furan rings is 1. The third-order valence-electron chi connectivity index (χ3n) is 4.99. The lowest BCUT2D eigenvalue weighted by Crippen LogP contribution is -2.22. The number of nitrogens with one attached hydrogen (secondary N) is 2. The number of rotatable bonds is 10. The van der Waals surface area contributed by atoms with Crippen molar-refractivity contribution >= 4 is 34.2 Å². The number of hydrogen-bond donors (Lipinski definition) is 2. The van der Waals surface area contributed by atoms with Crippen LogP contribution in [0.1, 0.15) is 24.4 Å². The van der Waals surface area contributed by atoms with Crippen LogP contribution >= 0.6 is 0 Å². The van der Waals surface area contributed by atoms with E-state index in [1.165, 1.54) is 0 Å². The Kier molecular flexibility index (Phi) is 7.52. The van der Waals surface area contributed by atoms with E-state index in [1.54, 1.807) is 72.8 Å². The third-order valence-corrected chi connectivity index (χ3v) is 4.99. The van der Waals surface area contributed by atoms with E-state index in [9.17, 15) is 9.59 Å². The molecule has 0 aliphatic carbocycles. The zero-order valence-corrected chi connectivity index (χ0v) is 19.5. The molecule has 35 heavy (non-hydrogen) atoms. The lowest BCUT2D eigenvalue weighted by molar-refractivity contribution is -0.118. The predicted octanol–water partition coefficient (Wildman–Crippen LogP) is 5.50. The summed E-state index contributed by atoms with van der Waals surface area (Å²) in [5, 5.41) is 6.17. The average Bonchev–Trinajstić information content (AvgIpc) is 3.23. The van der Waals surface area contributed by atoms with E-state index in [2.05, 4.69) is 10.6 Å². The standard InChI is InChI=1S/C27H26N2O6/c1-3-32-19-11-9-18(10-12-19)28-27(31)26-25(22-7-5-6-8-23(22)35-26)29-24(30)17-34-21-15-13-20(14-16-21)33-4-2/h5-16H,3-4,17H2,1-2H3,(H,28,31)(H,29,30). The lowest BCUT2D eigenvalue weighted by Gasteiger charge is -2.10. The molecule has 8 heteroatoms. The molecular formula is C27H26N2O6. The third kappa shape index (κ3) is 5.92. The molecule has 0 spiro atoms. The van der Waals surface area contributed by atoms with Crippen LogP contribution in [0.2, 0.25) is 0 Å². The van der Waals surface area contributed by atoms with Gasteiger partial charge in [-0.15, -0.1) is 0 Å². The Balaban J connectivity index is 1.47. The van der Waals surface area contributed by atoms with Crippen LogP contribution in [0.15, 0.2) is 77.2 Å². The quantitative estimate of drug-likeness (QED) is 0.315. The second kappa shape index (κ2) is 11.1. The second-order valence-corrected chi connectivity index (χ2v) is 7.46. The van der Waals surface area contributed by atoms with Gasteiger partial charge in [-0.05, 0) is 74.5 Å². The molecule has 2 N–H and O–H groups in total. The molecule has 0 unspecified atom stereocenters. The maximum Gasteiger partial charge on any atom is 0.293 e. The molecule has 0 aliphatic rings. The van der Waals surface area contributed by atoms with Gasteiger partial charge in [0.2, 0.25) is 5.76 Å². The minimum Gasteiger partial charge on any atom is -0.494 e. The van der Waals surface area contributed by atoms with Gasteiger partial charge < -0.3 is 29.3 Å². The fraction of sp³-hybridized carbons (Fsp3) is 0.185. The molecule has 4 rings (SSSR count). The van der Waals surface area contributed by atoms with Gasteiger partial charge in [-0.25, -0.2) is 0 Å². The van der Waals surface area contributed by atoms with Crippen LogP contribution in [0.3, 0.4) is 0 Å². The monoisotopic (exact) mass is 474 g/mol. The van der Waals surface area contributed by atoms with E-state index in [1.807, 2.05) is 13.8 Å². The molecule has 1 heterocycles. The summed E-state index contributed by atoms with van der Waals surface area (Å²) in [5.74, 6) is 1.02. The van der Waals surface area contributed by atoms with Gasteiger partial charge in [0.25, 0.3) is 11.8 Å². The first-order valence-corrected chi connectivity index (χ1v) is 11.3. The summed E-state index contributed by atoms with van der Waals surface area (Å²) in [5.41, 5.74) is 1.33. The maximum absolute atomic E-state index is 13.0. The molecule has 1 aromatic heterocycles. The smallest absolute Gasteiger partial charge is 0.293 e. The van der Waals surface area contributed by atoms with Gasteiger partial charge in [-0.2, -0.15) is 0 Å². The van der Waals surface area contributed by atoms with Crippen molar-refractivity contribution in [2.24, 2.45) is 0 Å². The summed E-state index contributed by atoms with van der Waals surface area (Å²) in [6.07, 6.45) is 0. The Morgan fingerprint density at radius 3 is 1.94 bits per heavy atom. The average molecular weight is 475 g/mol. The van der Waals surface area contributed by atoms with Gasteiger partial charge in [0.15, 0.2) is 6.61 Å². The topological polar surface area (TPSA) is 99.0 Å². The van der Waals surface area contributed by atoms with Gasteiger partial charge in [0, 0.05) is 11.1 Å². The number of fused-ring (bicyclic) bond motifs is 1. The highest BCUT2D eigenvalue weighted by Crippen LogP contribution is 2.31. The summed E-state index contributed by atoms with van der Waals surface area (Å²) in [4.78, 5) is 25.7. The van der Waals surface area contributed by atoms with Gasteiger partial charge >= 0.3 is 0 Å². The molecule has 0 fully saturated rings. The molecule has 180 valence electrons. The zero-order valence-electron chi connectivity index (χ0n) is 19.5. The van der Waals surface area contributed by atoms with Gasteiger partial charge in [-0.1, -0.05) is 12.1 Å². The molecule has 3 aromatic carbocycles. The van der Waals surface area contributed by atoms with Crippen molar-refractivity contribution in [3.05, 3.63) is 78.6 Å². The SMILES string of the molecule is CCOc1ccc(NC(=O)c2oc3ccccc3c2NC(=O)COc2ccc(OCC)cc2)cc1. The van der Waals surface area contributed by atoms with E-state index < -0.39 is 11.8 Å². The normalized spacial score (nSPS) is 10.6. The van der Waals surface area contributed by atoms with E-state index >= 15 is 0 Å². The Morgan fingerprint density at radius 2 is 1.31 bits per heavy atom. The summed E-state index contributed by atoms with van der Waals surface area (Å²) in [6, 6.07) is 21.1. The zero-order chi connectivity index (χ0) is 24.6. The predicted molar refractivity (Wildman–Crippen MR) is 134 cm³/mol. The van der Waals surface area contributed by atoms with Crippen molar-refractivity contribution in [2.75, 3.05) is 30.5 Å². The van der Waals surface area contributed by atoms with E-state index in [0.717, 1.165) is 5.75 Å². The molecule has 8 nitrogen and oxygen atoms in total. The Morgan fingerprint density at radius 1 is 0.743 bits per heavy atom. The minimum absolute atomic E-state index is 0.00509. The Hall–Kier alpha value is -4.46. The first kappa shape index (κ1) is 23.7. The number of hydrogen-bond acceptors (Lipinski definition) is 6. The van der Waals surface area contributed by atoms with Crippen LogP contribution in [0.4, 0.5) is 11.4 Å². The van der Waals surface area contributed by atoms with Gasteiger partial charge in [0.1, 0.15) is 28.5 Å². The number of anilines is 2. The van der Waals surface area contributed by atoms with Crippen LogP contribution in [-0.2, 0) is 4.79 Å². The van der Waals surface area contributed by atoms with Gasteiger partial charge in [0.05, 0.1) is 13.2 Å². The van der Waals surface area contributed by atoms with Crippen molar-refractivity contribution in [2.45, 2.75) is 13.8 Å². The summed E-state index contributed by atoms with van der Waals surface area (Å²) in [6.45, 7) is 4.68. The highest BCUT2D eigenvalue weighted by Gasteiger charge is 2.22. The van der Waals surface area contributed by atoms with Crippen LogP contribution in [0, 0.1) is 0 Å². The minimum atomic E-state index is -0.493. The first-order chi connectivity index (χ1) is 17.1.